The Balaban J connectivity index is 2.08. The third-order valence-electron chi connectivity index (χ3n) is 11.8. The van der Waals surface area contributed by atoms with Gasteiger partial charge in [0, 0.05) is 23.5 Å². The van der Waals surface area contributed by atoms with Crippen LogP contribution in [0.15, 0.2) is 24.3 Å². The lowest BCUT2D eigenvalue weighted by molar-refractivity contribution is -0.142. The summed E-state index contributed by atoms with van der Waals surface area (Å²) < 4.78 is -1.13. The van der Waals surface area contributed by atoms with Crippen molar-refractivity contribution >= 4 is 80.7 Å². The molecule has 0 spiro atoms. The number of nitrogens with two attached hydrogens (primary N) is 4. The number of aliphatic hydroxyl groups is 1. The second-order valence-electron chi connectivity index (χ2n) is 18.0. The van der Waals surface area contributed by atoms with E-state index in [4.69, 9.17) is 22.9 Å². The predicted molar refractivity (Wildman–Crippen MR) is 259 cm³/mol. The normalized spacial score (nSPS) is 25.6. The summed E-state index contributed by atoms with van der Waals surface area (Å²) in [5.41, 5.74) is 24.6. The molecule has 4 unspecified atom stereocenters. The van der Waals surface area contributed by atoms with Crippen molar-refractivity contribution in [3.63, 3.8) is 0 Å². The van der Waals surface area contributed by atoms with Crippen LogP contribution in [0.5, 0.6) is 0 Å². The summed E-state index contributed by atoms with van der Waals surface area (Å²) in [4.78, 5) is 137. The number of amides is 10. The first-order valence-corrected chi connectivity index (χ1v) is 25.2. The Morgan fingerprint density at radius 3 is 2.07 bits per heavy atom. The van der Waals surface area contributed by atoms with Gasteiger partial charge in [0.25, 0.3) is 0 Å². The first-order chi connectivity index (χ1) is 32.4. The van der Waals surface area contributed by atoms with Crippen molar-refractivity contribution in [1.29, 1.82) is 0 Å². The molecule has 69 heavy (non-hydrogen) atoms. The number of aryl methyl sites for hydroxylation is 1. The van der Waals surface area contributed by atoms with Crippen LogP contribution in [0.3, 0.4) is 0 Å². The highest BCUT2D eigenvalue weighted by Crippen LogP contribution is 2.38. The average molecular weight is 1010 g/mol. The molecule has 2 aliphatic rings. The molecular weight excluding hydrogens is 937 g/mol. The van der Waals surface area contributed by atoms with E-state index in [1.54, 1.807) is 39.8 Å². The number of hydrogen-bond donors (Lipinski definition) is 12. The lowest BCUT2D eigenvalue weighted by Crippen LogP contribution is -2.63. The van der Waals surface area contributed by atoms with Crippen LogP contribution < -0.4 is 60.2 Å². The van der Waals surface area contributed by atoms with Crippen molar-refractivity contribution in [2.75, 3.05) is 25.4 Å². The SMILES string of the molecule is CC[C@H](C)C1NC(=O)C(Cc2ccc(C)cc2)NC(=O)[C@@H](N)C(C)(C)SSC[C@@H](C(=O)N2CCCC2C(=O)N[C@@H](CCCN)C(=O)NCC(N)=O)NC(=O)C(CC(N)=O)NC(=O)[C@H]([C@@H](C)O)NC1=O. The molecule has 0 bridgehead atoms. The predicted octanol–water partition coefficient (Wildman–Crippen LogP) is -3.42. The highest BCUT2D eigenvalue weighted by molar-refractivity contribution is 8.77. The van der Waals surface area contributed by atoms with Gasteiger partial charge in [0.05, 0.1) is 25.1 Å². The molecule has 0 saturated carbocycles. The van der Waals surface area contributed by atoms with Crippen molar-refractivity contribution in [2.24, 2.45) is 28.9 Å². The van der Waals surface area contributed by atoms with Gasteiger partial charge in [-0.05, 0) is 71.4 Å². The lowest BCUT2D eigenvalue weighted by atomic mass is 9.96. The summed E-state index contributed by atoms with van der Waals surface area (Å²) in [5.74, 6) is -9.32. The van der Waals surface area contributed by atoms with Crippen LogP contribution in [0, 0.1) is 12.8 Å². The van der Waals surface area contributed by atoms with Crippen molar-refractivity contribution < 1.29 is 53.1 Å². The Morgan fingerprint density at radius 2 is 1.48 bits per heavy atom. The standard InChI is InChI=1S/C44H70N12O11S2/c1-7-23(3)33-40(64)55-34(24(4)57)41(65)51-28(19-31(46)58)37(61)53-29(43(67)56-17-9-11-30(56)39(63)50-26(10-8-16-45)36(60)49-20-32(47)59)21-68-69-44(5,6)35(48)42(66)52-27(38(62)54-33)18-25-14-12-22(2)13-15-25/h12-15,23-24,26-30,33-35,57H,7-11,16-21,45,48H2,1-6H3,(H2,46,58)(H2,47,59)(H,49,60)(H,50,63)(H,51,65)(H,52,66)(H,53,61)(H,54,62)(H,55,64)/t23-,24+,26-,27?,28?,29-,30?,33?,34-,35+/m0/s1. The van der Waals surface area contributed by atoms with Gasteiger partial charge in [-0.1, -0.05) is 71.7 Å². The summed E-state index contributed by atoms with van der Waals surface area (Å²) >= 11 is 0. The highest BCUT2D eigenvalue weighted by atomic mass is 33.1. The molecule has 25 heteroatoms. The van der Waals surface area contributed by atoms with Gasteiger partial charge >= 0.3 is 0 Å². The maximum Gasteiger partial charge on any atom is 0.246 e. The second kappa shape index (κ2) is 27.0. The first kappa shape index (κ1) is 57.8. The Kier molecular flexibility index (Phi) is 22.7. The minimum absolute atomic E-state index is 0.00243. The van der Waals surface area contributed by atoms with E-state index in [9.17, 15) is 53.1 Å². The van der Waals surface area contributed by atoms with E-state index in [0.717, 1.165) is 27.2 Å². The molecule has 10 amide bonds. The van der Waals surface area contributed by atoms with Crippen LogP contribution in [0.25, 0.3) is 0 Å². The molecule has 384 valence electrons. The van der Waals surface area contributed by atoms with Gasteiger partial charge in [-0.2, -0.15) is 0 Å². The van der Waals surface area contributed by atoms with E-state index < -0.39 is 137 Å². The zero-order valence-electron chi connectivity index (χ0n) is 40.0. The number of carbonyl (C=O) groups is 10. The zero-order chi connectivity index (χ0) is 51.7. The van der Waals surface area contributed by atoms with E-state index in [1.165, 1.54) is 11.8 Å². The minimum atomic E-state index is -1.76. The summed E-state index contributed by atoms with van der Waals surface area (Å²) in [5, 5.41) is 28.7. The Morgan fingerprint density at radius 1 is 0.870 bits per heavy atom. The van der Waals surface area contributed by atoms with Gasteiger partial charge in [0.15, 0.2) is 0 Å². The van der Waals surface area contributed by atoms with E-state index in [0.29, 0.717) is 24.8 Å². The van der Waals surface area contributed by atoms with Crippen molar-refractivity contribution in [3.8, 4) is 0 Å². The second-order valence-corrected chi connectivity index (χ2v) is 21.0. The Labute approximate surface area is 409 Å². The van der Waals surface area contributed by atoms with Gasteiger partial charge in [0.2, 0.25) is 59.1 Å². The summed E-state index contributed by atoms with van der Waals surface area (Å²) in [6.07, 6.45) is -1.10. The minimum Gasteiger partial charge on any atom is -0.391 e. The molecule has 2 saturated heterocycles. The van der Waals surface area contributed by atoms with Crippen molar-refractivity contribution in [2.45, 2.75) is 146 Å². The number of likely N-dealkylation sites (tertiary alicyclic amines) is 1. The molecule has 16 N–H and O–H groups in total. The quantitative estimate of drug-likeness (QED) is 0.0718. The Hall–Kier alpha value is -5.50. The summed E-state index contributed by atoms with van der Waals surface area (Å²) in [7, 11) is 2.12. The molecule has 0 radical (unpaired) electrons. The van der Waals surface area contributed by atoms with Crippen LogP contribution in [0.2, 0.25) is 0 Å². The molecule has 2 aliphatic heterocycles. The Bertz CT molecular complexity index is 2030. The highest BCUT2D eigenvalue weighted by Gasteiger charge is 2.42. The number of benzene rings is 1. The van der Waals surface area contributed by atoms with Crippen LogP contribution in [0.1, 0.15) is 84.3 Å². The van der Waals surface area contributed by atoms with Gasteiger partial charge < -0.3 is 70.2 Å². The number of primary amides is 2. The maximum absolute atomic E-state index is 14.6. The number of aliphatic hydroxyl groups excluding tert-OH is 1. The largest absolute Gasteiger partial charge is 0.391 e. The molecule has 3 rings (SSSR count). The number of carbonyl (C=O) groups excluding carboxylic acids is 10. The molecular formula is C44H70N12O11S2. The third kappa shape index (κ3) is 17.4. The number of hydrogen-bond acceptors (Lipinski definition) is 15. The van der Waals surface area contributed by atoms with E-state index in [-0.39, 0.29) is 38.1 Å². The van der Waals surface area contributed by atoms with E-state index >= 15 is 0 Å². The fraction of sp³-hybridized carbons (Fsp3) is 0.636. The molecule has 2 fully saturated rings. The molecule has 10 atom stereocenters. The molecule has 0 aromatic heterocycles. The van der Waals surface area contributed by atoms with Crippen molar-refractivity contribution in [1.82, 2.24) is 42.1 Å². The van der Waals surface area contributed by atoms with Crippen LogP contribution in [-0.4, -0.2) is 154 Å². The van der Waals surface area contributed by atoms with Crippen LogP contribution in [0.4, 0.5) is 0 Å². The zero-order valence-corrected chi connectivity index (χ0v) is 41.6. The fourth-order valence-corrected chi connectivity index (χ4v) is 10.2. The van der Waals surface area contributed by atoms with Crippen LogP contribution in [-0.2, 0) is 54.4 Å². The maximum atomic E-state index is 14.6. The summed E-state index contributed by atoms with van der Waals surface area (Å²) in [6.45, 7) is 9.59. The van der Waals surface area contributed by atoms with Gasteiger partial charge in [-0.25, -0.2) is 0 Å². The smallest absolute Gasteiger partial charge is 0.246 e. The topological polar surface area (TPSA) is 382 Å². The van der Waals surface area contributed by atoms with Gasteiger partial charge in [0.1, 0.15) is 42.3 Å². The average Bonchev–Trinajstić information content (AvgIpc) is 3.79. The van der Waals surface area contributed by atoms with E-state index in [2.05, 4.69) is 37.2 Å². The van der Waals surface area contributed by atoms with E-state index in [1.807, 2.05) is 19.1 Å². The first-order valence-electron chi connectivity index (χ1n) is 22.9. The van der Waals surface area contributed by atoms with Crippen LogP contribution >= 0.6 is 21.6 Å². The van der Waals surface area contributed by atoms with Gasteiger partial charge in [-0.3, -0.25) is 47.9 Å². The number of rotatable bonds is 16. The number of nitrogens with zero attached hydrogens (tertiary/aromatic N) is 1. The molecule has 1 aromatic carbocycles. The molecule has 0 aliphatic carbocycles. The number of nitrogens with one attached hydrogen (secondary N) is 7. The van der Waals surface area contributed by atoms with Crippen molar-refractivity contribution in [3.05, 3.63) is 35.4 Å². The molecule has 2 heterocycles. The monoisotopic (exact) mass is 1010 g/mol. The lowest BCUT2D eigenvalue weighted by Gasteiger charge is -2.33. The molecule has 23 nitrogen and oxygen atoms in total. The summed E-state index contributed by atoms with van der Waals surface area (Å²) in [6, 6.07) is -3.84. The third-order valence-corrected chi connectivity index (χ3v) is 15.2. The molecule has 1 aromatic rings. The fourth-order valence-electron chi connectivity index (χ4n) is 7.43. The van der Waals surface area contributed by atoms with Gasteiger partial charge in [-0.15, -0.1) is 0 Å².